The van der Waals surface area contributed by atoms with Crippen LogP contribution in [0.2, 0.25) is 0 Å². The molecule has 5 rings (SSSR count). The summed E-state index contributed by atoms with van der Waals surface area (Å²) in [5.74, 6) is 3.89. The molecular weight excluding hydrogens is 700 g/mol. The van der Waals surface area contributed by atoms with E-state index in [1.165, 1.54) is 85.3 Å². The summed E-state index contributed by atoms with van der Waals surface area (Å²) < 4.78 is 68.8. The van der Waals surface area contributed by atoms with Gasteiger partial charge in [-0.3, -0.25) is 4.79 Å². The van der Waals surface area contributed by atoms with Gasteiger partial charge < -0.3 is 56.8 Å². The third kappa shape index (κ3) is 6.57. The minimum absolute atomic E-state index is 0.288. The van der Waals surface area contributed by atoms with Gasteiger partial charge in [-0.25, -0.2) is 0 Å². The van der Waals surface area contributed by atoms with Crippen LogP contribution in [0.5, 0.6) is 69.0 Å². The zero-order valence-corrected chi connectivity index (χ0v) is 32.4. The Hall–Kier alpha value is -6.37. The first-order valence-electron chi connectivity index (χ1n) is 16.4. The van der Waals surface area contributed by atoms with Crippen molar-refractivity contribution in [2.24, 2.45) is 0 Å². The molecule has 4 aromatic rings. The third-order valence-electron chi connectivity index (χ3n) is 9.02. The SMILES string of the molecule is COc1cc(C2=C(c3cc(OC)c(OC)c(OC)c3)C(c3cc(OC)c(OC)c(OC)c3)=C(c3cc(OC)c(OC)c(OC)c3)C2=O)cc(OC)c1OC. The predicted molar refractivity (Wildman–Crippen MR) is 203 cm³/mol. The molecule has 0 unspecified atom stereocenters. The Morgan fingerprint density at radius 1 is 0.259 bits per heavy atom. The summed E-state index contributed by atoms with van der Waals surface area (Å²) in [4.78, 5) is 15.5. The van der Waals surface area contributed by atoms with Crippen molar-refractivity contribution in [2.45, 2.75) is 0 Å². The molecule has 1 aliphatic carbocycles. The van der Waals surface area contributed by atoms with E-state index in [0.29, 0.717) is 102 Å². The van der Waals surface area contributed by atoms with Gasteiger partial charge in [-0.1, -0.05) is 0 Å². The van der Waals surface area contributed by atoms with Gasteiger partial charge in [0.05, 0.1) is 85.3 Å². The van der Waals surface area contributed by atoms with E-state index < -0.39 is 0 Å². The third-order valence-corrected chi connectivity index (χ3v) is 9.02. The van der Waals surface area contributed by atoms with Gasteiger partial charge >= 0.3 is 0 Å². The number of benzene rings is 4. The maximum Gasteiger partial charge on any atom is 0.203 e. The van der Waals surface area contributed by atoms with Crippen molar-refractivity contribution in [1.29, 1.82) is 0 Å². The number of allylic oxidation sites excluding steroid dienone is 4. The zero-order valence-electron chi connectivity index (χ0n) is 32.4. The second-order valence-electron chi connectivity index (χ2n) is 11.5. The Bertz CT molecular complexity index is 1880. The molecule has 0 aliphatic heterocycles. The molecule has 0 saturated carbocycles. The van der Waals surface area contributed by atoms with Crippen molar-refractivity contribution in [3.8, 4) is 69.0 Å². The average molecular weight is 745 g/mol. The molecule has 13 nitrogen and oxygen atoms in total. The average Bonchev–Trinajstić information content (AvgIpc) is 3.53. The van der Waals surface area contributed by atoms with E-state index in [2.05, 4.69) is 0 Å². The van der Waals surface area contributed by atoms with Gasteiger partial charge in [0.1, 0.15) is 0 Å². The van der Waals surface area contributed by atoms with E-state index in [1.54, 1.807) is 48.5 Å². The summed E-state index contributed by atoms with van der Waals surface area (Å²) in [6, 6.07) is 14.0. The predicted octanol–water partition coefficient (Wildman–Crippen LogP) is 6.89. The number of carbonyl (C=O) groups excluding carboxylic acids is 1. The fraction of sp³-hybridized carbons (Fsp3) is 0.293. The van der Waals surface area contributed by atoms with Gasteiger partial charge in [0.25, 0.3) is 0 Å². The Kier molecular flexibility index (Phi) is 11.9. The summed E-state index contributed by atoms with van der Waals surface area (Å²) in [5, 5.41) is 0. The van der Waals surface area contributed by atoms with Gasteiger partial charge in [-0.05, 0) is 70.8 Å². The minimum atomic E-state index is -0.356. The Morgan fingerprint density at radius 2 is 0.426 bits per heavy atom. The van der Waals surface area contributed by atoms with Gasteiger partial charge in [0.2, 0.25) is 23.0 Å². The summed E-state index contributed by atoms with van der Waals surface area (Å²) in [7, 11) is 18.2. The number of Topliss-reactive ketones (excluding diaryl/α,β-unsaturated/α-hetero) is 1. The molecule has 0 bridgehead atoms. The first-order valence-corrected chi connectivity index (χ1v) is 16.4. The van der Waals surface area contributed by atoms with Gasteiger partial charge in [0, 0.05) is 22.3 Å². The van der Waals surface area contributed by atoms with Crippen LogP contribution in [-0.4, -0.2) is 91.1 Å². The smallest absolute Gasteiger partial charge is 0.203 e. The number of ketones is 1. The molecule has 1 aliphatic rings. The number of hydrogen-bond donors (Lipinski definition) is 0. The number of methoxy groups -OCH3 is 12. The van der Waals surface area contributed by atoms with Gasteiger partial charge in [-0.15, -0.1) is 0 Å². The highest BCUT2D eigenvalue weighted by atomic mass is 16.5. The molecule has 0 heterocycles. The van der Waals surface area contributed by atoms with E-state index in [4.69, 9.17) is 56.8 Å². The molecule has 0 saturated heterocycles. The summed E-state index contributed by atoms with van der Waals surface area (Å²) >= 11 is 0. The van der Waals surface area contributed by atoms with Crippen LogP contribution in [-0.2, 0) is 4.79 Å². The second-order valence-corrected chi connectivity index (χ2v) is 11.5. The van der Waals surface area contributed by atoms with Crippen LogP contribution in [0.25, 0.3) is 22.3 Å². The minimum Gasteiger partial charge on any atom is -0.493 e. The van der Waals surface area contributed by atoms with Gasteiger partial charge in [-0.2, -0.15) is 0 Å². The monoisotopic (exact) mass is 744 g/mol. The lowest BCUT2D eigenvalue weighted by atomic mass is 9.88. The fourth-order valence-corrected chi connectivity index (χ4v) is 6.63. The molecule has 13 heteroatoms. The number of carbonyl (C=O) groups is 1. The lowest BCUT2D eigenvalue weighted by Crippen LogP contribution is -2.05. The van der Waals surface area contributed by atoms with E-state index in [-0.39, 0.29) is 16.9 Å². The quantitative estimate of drug-likeness (QED) is 0.118. The normalized spacial score (nSPS) is 12.3. The van der Waals surface area contributed by atoms with Crippen LogP contribution in [0.1, 0.15) is 22.3 Å². The largest absolute Gasteiger partial charge is 0.493 e. The topological polar surface area (TPSA) is 128 Å². The highest BCUT2D eigenvalue weighted by Crippen LogP contribution is 2.56. The van der Waals surface area contributed by atoms with E-state index >= 15 is 4.79 Å². The molecule has 0 atom stereocenters. The molecule has 54 heavy (non-hydrogen) atoms. The standard InChI is InChI=1S/C41H44O13/c1-43-25-13-21(14-26(44-2)38(25)51-9)33-34(22-15-27(45-3)39(52-10)28(16-22)46-4)36(24-19-31(49-7)41(54-12)32(20-24)50-8)37(42)35(33)23-17-29(47-5)40(53-11)30(18-23)48-6/h13-20H,1-12H3. The highest BCUT2D eigenvalue weighted by molar-refractivity contribution is 6.59. The van der Waals surface area contributed by atoms with Crippen molar-refractivity contribution in [1.82, 2.24) is 0 Å². The van der Waals surface area contributed by atoms with Crippen molar-refractivity contribution >= 4 is 28.1 Å². The van der Waals surface area contributed by atoms with Crippen LogP contribution < -0.4 is 56.8 Å². The lowest BCUT2D eigenvalue weighted by molar-refractivity contribution is -0.108. The maximum atomic E-state index is 15.5. The Balaban J connectivity index is 2.07. The molecular formula is C41H44O13. The van der Waals surface area contributed by atoms with E-state index in [1.807, 2.05) is 0 Å². The molecule has 4 aromatic carbocycles. The first-order chi connectivity index (χ1) is 26.2. The number of rotatable bonds is 16. The molecule has 0 radical (unpaired) electrons. The van der Waals surface area contributed by atoms with Crippen LogP contribution in [0, 0.1) is 0 Å². The Labute approximate surface area is 314 Å². The van der Waals surface area contributed by atoms with Crippen LogP contribution in [0.15, 0.2) is 48.5 Å². The first kappa shape index (κ1) is 38.9. The van der Waals surface area contributed by atoms with Crippen molar-refractivity contribution in [2.75, 3.05) is 85.3 Å². The second kappa shape index (κ2) is 16.5. The van der Waals surface area contributed by atoms with E-state index in [9.17, 15) is 0 Å². The van der Waals surface area contributed by atoms with Crippen LogP contribution in [0.3, 0.4) is 0 Å². The number of ether oxygens (including phenoxy) is 12. The zero-order chi connectivity index (χ0) is 39.3. The van der Waals surface area contributed by atoms with Crippen molar-refractivity contribution < 1.29 is 61.6 Å². The van der Waals surface area contributed by atoms with Gasteiger partial charge in [0.15, 0.2) is 51.8 Å². The van der Waals surface area contributed by atoms with E-state index in [0.717, 1.165) is 0 Å². The summed E-state index contributed by atoms with van der Waals surface area (Å²) in [6.45, 7) is 0. The van der Waals surface area contributed by atoms with Crippen LogP contribution in [0.4, 0.5) is 0 Å². The van der Waals surface area contributed by atoms with Crippen LogP contribution >= 0.6 is 0 Å². The molecule has 0 aromatic heterocycles. The molecule has 0 fully saturated rings. The summed E-state index contributed by atoms with van der Waals surface area (Å²) in [6.07, 6.45) is 0. The highest BCUT2D eigenvalue weighted by Gasteiger charge is 2.39. The number of hydrogen-bond acceptors (Lipinski definition) is 13. The molecule has 0 spiro atoms. The lowest BCUT2D eigenvalue weighted by Gasteiger charge is -2.20. The maximum absolute atomic E-state index is 15.5. The summed E-state index contributed by atoms with van der Waals surface area (Å²) in [5.41, 5.74) is 3.59. The molecule has 286 valence electrons. The Morgan fingerprint density at radius 3 is 0.574 bits per heavy atom. The van der Waals surface area contributed by atoms with Crippen molar-refractivity contribution in [3.63, 3.8) is 0 Å². The fourth-order valence-electron chi connectivity index (χ4n) is 6.63. The molecule has 0 N–H and O–H groups in total. The molecule has 0 amide bonds. The van der Waals surface area contributed by atoms with Crippen molar-refractivity contribution in [3.05, 3.63) is 70.8 Å².